The van der Waals surface area contributed by atoms with Crippen LogP contribution in [0.1, 0.15) is 135 Å². The Morgan fingerprint density at radius 3 is 1.84 bits per heavy atom. The maximum Gasteiger partial charge on any atom is 0.397 e. The number of hydrogen-bond donors (Lipinski definition) is 3. The van der Waals surface area contributed by atoms with Crippen molar-refractivity contribution < 1.29 is 55.3 Å². The van der Waals surface area contributed by atoms with E-state index in [4.69, 9.17) is 22.8 Å². The van der Waals surface area contributed by atoms with Gasteiger partial charge in [-0.3, -0.25) is 18.9 Å². The van der Waals surface area contributed by atoms with Crippen molar-refractivity contribution in [2.24, 2.45) is 0 Å². The summed E-state index contributed by atoms with van der Waals surface area (Å²) in [5.74, 6) is -1.83. The molecule has 1 aliphatic rings. The minimum Gasteiger partial charge on any atom is -0.462 e. The van der Waals surface area contributed by atoms with Crippen LogP contribution in [0, 0.1) is 0 Å². The number of ether oxygens (including phenoxy) is 3. The molecular weight excluding hydrogens is 819 g/mol. The molecule has 0 spiro atoms. The van der Waals surface area contributed by atoms with Crippen LogP contribution in [0.5, 0.6) is 0 Å². The molecule has 15 heteroatoms. The Kier molecular flexibility index (Phi) is 22.6. The van der Waals surface area contributed by atoms with E-state index in [2.05, 4.69) is 12.2 Å². The molecule has 3 rings (SSSR count). The number of unbranched alkanes of at least 4 members (excludes halogenated alkanes) is 8. The summed E-state index contributed by atoms with van der Waals surface area (Å²) in [6.07, 6.45) is 4.97. The molecule has 61 heavy (non-hydrogen) atoms. The molecule has 1 heterocycles. The number of carbonyl (C=O) groups is 3. The molecule has 0 aromatic heterocycles. The van der Waals surface area contributed by atoms with E-state index in [9.17, 15) is 32.5 Å². The molecule has 1 saturated heterocycles. The average Bonchev–Trinajstić information content (AvgIpc) is 3.19. The predicted octanol–water partition coefficient (Wildman–Crippen LogP) is 8.58. The number of carbonyl (C=O) groups excluding carboxylic acids is 3. The SMILES string of the molecule is CCCCCCCCCCC[C@H](CC(=O)N[C@H]1C(O)O[C@H](CO[Si](C)(C)C(C)(C)C)[C@@H](OS(=O)(=O)O)[C@@H]1OC(=O)CCCc1ccccc1)OC(=O)CCCc1ccccc1. The summed E-state index contributed by atoms with van der Waals surface area (Å²) in [5, 5.41) is 13.9. The fraction of sp³-hybridized carbons (Fsp3) is 0.674. The third kappa shape index (κ3) is 20.3. The smallest absolute Gasteiger partial charge is 0.397 e. The van der Waals surface area contributed by atoms with Crippen LogP contribution in [-0.2, 0) is 60.4 Å². The van der Waals surface area contributed by atoms with Gasteiger partial charge in [-0.15, -0.1) is 0 Å². The van der Waals surface area contributed by atoms with Crippen molar-refractivity contribution in [3.63, 3.8) is 0 Å². The first-order valence-corrected chi connectivity index (χ1v) is 26.5. The minimum atomic E-state index is -5.18. The summed E-state index contributed by atoms with van der Waals surface area (Å²) >= 11 is 0. The molecule has 6 atom stereocenters. The van der Waals surface area contributed by atoms with Crippen LogP contribution in [0.4, 0.5) is 0 Å². The van der Waals surface area contributed by atoms with E-state index in [1.807, 2.05) is 94.5 Å². The van der Waals surface area contributed by atoms with E-state index in [1.54, 1.807) is 0 Å². The van der Waals surface area contributed by atoms with Gasteiger partial charge in [0, 0.05) is 12.8 Å². The molecule has 0 saturated carbocycles. The fourth-order valence-electron chi connectivity index (χ4n) is 7.07. The van der Waals surface area contributed by atoms with Gasteiger partial charge in [0.2, 0.25) is 5.91 Å². The number of aryl methyl sites for hydroxylation is 2. The van der Waals surface area contributed by atoms with Crippen LogP contribution >= 0.6 is 0 Å². The lowest BCUT2D eigenvalue weighted by Crippen LogP contribution is -2.66. The first kappa shape index (κ1) is 52.2. The van der Waals surface area contributed by atoms with Crippen LogP contribution in [0.15, 0.2) is 60.7 Å². The maximum atomic E-state index is 13.9. The molecule has 13 nitrogen and oxygen atoms in total. The van der Waals surface area contributed by atoms with E-state index >= 15 is 0 Å². The molecule has 0 bridgehead atoms. The molecule has 3 N–H and O–H groups in total. The quantitative estimate of drug-likeness (QED) is 0.0321. The molecule has 1 aliphatic heterocycles. The number of aliphatic hydroxyl groups excluding tert-OH is 1. The van der Waals surface area contributed by atoms with Gasteiger partial charge < -0.3 is 29.1 Å². The second kappa shape index (κ2) is 26.4. The monoisotopic (exact) mass is 891 g/mol. The van der Waals surface area contributed by atoms with Crippen molar-refractivity contribution in [2.45, 2.75) is 192 Å². The summed E-state index contributed by atoms with van der Waals surface area (Å²) < 4.78 is 63.6. The summed E-state index contributed by atoms with van der Waals surface area (Å²) in [6.45, 7) is 11.9. The van der Waals surface area contributed by atoms with Crippen LogP contribution in [0.2, 0.25) is 18.1 Å². The average molecular weight is 892 g/mol. The number of hydrogen-bond acceptors (Lipinski definition) is 11. The molecule has 1 unspecified atom stereocenters. The number of nitrogens with one attached hydrogen (secondary N) is 1. The highest BCUT2D eigenvalue weighted by Crippen LogP contribution is 2.37. The Hall–Kier alpha value is -3.18. The van der Waals surface area contributed by atoms with E-state index in [0.717, 1.165) is 36.8 Å². The lowest BCUT2D eigenvalue weighted by molar-refractivity contribution is -0.253. The van der Waals surface area contributed by atoms with E-state index in [-0.39, 0.29) is 30.9 Å². The highest BCUT2D eigenvalue weighted by molar-refractivity contribution is 7.80. The van der Waals surface area contributed by atoms with Crippen molar-refractivity contribution in [3.8, 4) is 0 Å². The Morgan fingerprint density at radius 2 is 1.31 bits per heavy atom. The molecule has 2 aromatic rings. The van der Waals surface area contributed by atoms with Crippen LogP contribution in [0.3, 0.4) is 0 Å². The van der Waals surface area contributed by atoms with Gasteiger partial charge in [0.25, 0.3) is 0 Å². The zero-order valence-corrected chi connectivity index (χ0v) is 39.2. The lowest BCUT2D eigenvalue weighted by Gasteiger charge is -2.45. The third-order valence-corrected chi connectivity index (χ3v) is 16.6. The van der Waals surface area contributed by atoms with Crippen molar-refractivity contribution in [1.29, 1.82) is 0 Å². The topological polar surface area (TPSA) is 184 Å². The summed E-state index contributed by atoms with van der Waals surface area (Å²) in [7, 11) is -7.66. The second-order valence-corrected chi connectivity index (χ2v) is 23.6. The predicted molar refractivity (Wildman–Crippen MR) is 237 cm³/mol. The van der Waals surface area contributed by atoms with Crippen LogP contribution in [0.25, 0.3) is 0 Å². The normalized spacial score (nSPS) is 20.2. The second-order valence-electron chi connectivity index (χ2n) is 17.8. The van der Waals surface area contributed by atoms with Crippen molar-refractivity contribution in [2.75, 3.05) is 6.61 Å². The van der Waals surface area contributed by atoms with Crippen molar-refractivity contribution in [1.82, 2.24) is 5.32 Å². The Balaban J connectivity index is 1.79. The standard InChI is InChI=1S/C46H73NO12SSi/c1-7-8-9-10-11-12-13-14-21-30-37(56-40(49)31-22-28-35-24-17-15-18-25-35)33-39(48)47-42-44(58-41(50)32-23-29-36-26-19-16-20-27-36)43(59-60(52,53)54)38(57-45(42)51)34-55-61(5,6)46(2,3)4/h15-20,24-27,37-38,42-45,51H,7-14,21-23,28-34H2,1-6H3,(H,47,48)(H,52,53,54)/t37-,38-,42-,43-,44-,45?/m1/s1. The molecule has 2 aromatic carbocycles. The van der Waals surface area contributed by atoms with Gasteiger partial charge >= 0.3 is 22.3 Å². The largest absolute Gasteiger partial charge is 0.462 e. The Labute approximate surface area is 366 Å². The van der Waals surface area contributed by atoms with E-state index in [0.29, 0.717) is 32.1 Å². The van der Waals surface area contributed by atoms with Crippen molar-refractivity contribution in [3.05, 3.63) is 71.8 Å². The van der Waals surface area contributed by atoms with Gasteiger partial charge in [-0.25, -0.2) is 4.18 Å². The summed E-state index contributed by atoms with van der Waals surface area (Å²) in [5.41, 5.74) is 2.11. The molecule has 0 radical (unpaired) electrons. The number of rotatable bonds is 28. The van der Waals surface area contributed by atoms with Crippen molar-refractivity contribution >= 4 is 36.6 Å². The highest BCUT2D eigenvalue weighted by atomic mass is 32.3. The molecule has 344 valence electrons. The molecule has 0 aliphatic carbocycles. The number of benzene rings is 2. The first-order chi connectivity index (χ1) is 28.9. The molecule has 1 amide bonds. The van der Waals surface area contributed by atoms with E-state index < -0.39 is 73.3 Å². The van der Waals surface area contributed by atoms with Gasteiger partial charge in [-0.05, 0) is 67.8 Å². The van der Waals surface area contributed by atoms with Gasteiger partial charge in [0.05, 0.1) is 13.0 Å². The Bertz CT molecular complexity index is 1690. The minimum absolute atomic E-state index is 0.0756. The van der Waals surface area contributed by atoms with Crippen LogP contribution < -0.4 is 5.32 Å². The zero-order chi connectivity index (χ0) is 44.9. The van der Waals surface area contributed by atoms with Gasteiger partial charge in [-0.1, -0.05) is 140 Å². The zero-order valence-electron chi connectivity index (χ0n) is 37.4. The fourth-order valence-corrected chi connectivity index (χ4v) is 8.60. The summed E-state index contributed by atoms with van der Waals surface area (Å²) in [6, 6.07) is 17.8. The van der Waals surface area contributed by atoms with Crippen LogP contribution in [-0.4, -0.2) is 87.6 Å². The lowest BCUT2D eigenvalue weighted by atomic mass is 9.96. The summed E-state index contributed by atoms with van der Waals surface area (Å²) in [4.78, 5) is 40.4. The number of amides is 1. The maximum absolute atomic E-state index is 13.9. The first-order valence-electron chi connectivity index (χ1n) is 22.3. The van der Waals surface area contributed by atoms with E-state index in [1.165, 1.54) is 32.1 Å². The van der Waals surface area contributed by atoms with Gasteiger partial charge in [-0.2, -0.15) is 8.42 Å². The Morgan fingerprint density at radius 1 is 0.787 bits per heavy atom. The number of aliphatic hydroxyl groups is 1. The molecule has 1 fully saturated rings. The highest BCUT2D eigenvalue weighted by Gasteiger charge is 2.52. The van der Waals surface area contributed by atoms with Gasteiger partial charge in [0.1, 0.15) is 24.4 Å². The molecular formula is C46H73NO12SSi. The number of esters is 2. The van der Waals surface area contributed by atoms with Gasteiger partial charge in [0.15, 0.2) is 20.7 Å². The third-order valence-electron chi connectivity index (χ3n) is 11.6.